The summed E-state index contributed by atoms with van der Waals surface area (Å²) >= 11 is 0. The van der Waals surface area contributed by atoms with Crippen molar-refractivity contribution in [1.29, 1.82) is 0 Å². The van der Waals surface area contributed by atoms with Gasteiger partial charge in [-0.25, -0.2) is 4.98 Å². The lowest BCUT2D eigenvalue weighted by Crippen LogP contribution is -2.50. The van der Waals surface area contributed by atoms with Crippen LogP contribution in [-0.2, 0) is 13.1 Å². The van der Waals surface area contributed by atoms with Crippen LogP contribution in [0.4, 0.5) is 0 Å². The molecule has 2 atom stereocenters. The maximum atomic E-state index is 13.4. The van der Waals surface area contributed by atoms with Crippen LogP contribution in [0.25, 0.3) is 11.0 Å². The molecule has 1 saturated heterocycles. The van der Waals surface area contributed by atoms with Crippen molar-refractivity contribution in [3.63, 3.8) is 0 Å². The quantitative estimate of drug-likeness (QED) is 0.669. The van der Waals surface area contributed by atoms with Crippen LogP contribution in [0.15, 0.2) is 52.2 Å². The first-order chi connectivity index (χ1) is 14.1. The van der Waals surface area contributed by atoms with Gasteiger partial charge in [-0.2, -0.15) is 0 Å². The lowest BCUT2D eigenvalue weighted by Gasteiger charge is -2.42. The molecule has 5 rings (SSSR count). The molecule has 0 radical (unpaired) electrons. The number of hydrogen-bond donors (Lipinski definition) is 0. The molecule has 3 aromatic heterocycles. The number of likely N-dealkylation sites (tertiary alicyclic amines) is 1. The zero-order chi connectivity index (χ0) is 20.1. The summed E-state index contributed by atoms with van der Waals surface area (Å²) in [6, 6.07) is 10.7. The number of fused-ring (bicyclic) bond motifs is 5. The molecule has 1 amide bonds. The van der Waals surface area contributed by atoms with Gasteiger partial charge in [0.05, 0.1) is 0 Å². The van der Waals surface area contributed by atoms with Crippen LogP contribution in [0.3, 0.4) is 0 Å². The molecule has 2 aliphatic rings. The van der Waals surface area contributed by atoms with E-state index in [-0.39, 0.29) is 34.4 Å². The van der Waals surface area contributed by atoms with E-state index in [2.05, 4.69) is 4.98 Å². The van der Waals surface area contributed by atoms with Crippen LogP contribution >= 0.6 is 0 Å². The number of carbonyl (C=O) groups excluding carboxylic acids is 1. The van der Waals surface area contributed by atoms with Crippen LogP contribution in [0.5, 0.6) is 0 Å². The Labute approximate surface area is 167 Å². The summed E-state index contributed by atoms with van der Waals surface area (Å²) in [7, 11) is 0. The van der Waals surface area contributed by atoms with Crippen LogP contribution in [0, 0.1) is 5.92 Å². The summed E-state index contributed by atoms with van der Waals surface area (Å²) in [5.74, 6) is 0.112. The average Bonchev–Trinajstić information content (AvgIpc) is 2.73. The van der Waals surface area contributed by atoms with Crippen molar-refractivity contribution in [2.75, 3.05) is 13.1 Å². The second kappa shape index (κ2) is 6.69. The van der Waals surface area contributed by atoms with Crippen LogP contribution in [0.2, 0.25) is 0 Å². The molecule has 2 bridgehead atoms. The van der Waals surface area contributed by atoms with Crippen molar-refractivity contribution in [3.05, 3.63) is 74.6 Å². The maximum Gasteiger partial charge on any atom is 0.265 e. The largest absolute Gasteiger partial charge is 0.337 e. The number of amides is 1. The van der Waals surface area contributed by atoms with Crippen molar-refractivity contribution in [2.45, 2.75) is 32.4 Å². The van der Waals surface area contributed by atoms with Gasteiger partial charge >= 0.3 is 0 Å². The topological polar surface area (TPSA) is 77.2 Å². The number of aryl methyl sites for hydroxylation is 1. The second-order valence-corrected chi connectivity index (χ2v) is 7.93. The minimum Gasteiger partial charge on any atom is -0.337 e. The van der Waals surface area contributed by atoms with Gasteiger partial charge in [0, 0.05) is 55.4 Å². The fourth-order valence-electron chi connectivity index (χ4n) is 4.89. The van der Waals surface area contributed by atoms with Crippen LogP contribution in [-0.4, -0.2) is 38.0 Å². The smallest absolute Gasteiger partial charge is 0.265 e. The Morgan fingerprint density at radius 1 is 1.14 bits per heavy atom. The molecular weight excluding hydrogens is 368 g/mol. The van der Waals surface area contributed by atoms with Gasteiger partial charge in [0.2, 0.25) is 0 Å². The van der Waals surface area contributed by atoms with Crippen molar-refractivity contribution in [1.82, 2.24) is 19.0 Å². The Kier molecular flexibility index (Phi) is 4.12. The van der Waals surface area contributed by atoms with Gasteiger partial charge in [-0.05, 0) is 43.5 Å². The summed E-state index contributed by atoms with van der Waals surface area (Å²) in [4.78, 5) is 44.7. The Bertz CT molecular complexity index is 1240. The molecule has 0 aliphatic carbocycles. The van der Waals surface area contributed by atoms with E-state index in [1.165, 1.54) is 0 Å². The first kappa shape index (κ1) is 17.8. The Morgan fingerprint density at radius 3 is 2.83 bits per heavy atom. The fraction of sp³-hybridized carbons (Fsp3) is 0.364. The molecule has 0 unspecified atom stereocenters. The fourth-order valence-corrected chi connectivity index (χ4v) is 4.89. The van der Waals surface area contributed by atoms with Gasteiger partial charge in [-0.3, -0.25) is 19.0 Å². The molecule has 5 heterocycles. The predicted molar refractivity (Wildman–Crippen MR) is 109 cm³/mol. The third-order valence-electron chi connectivity index (χ3n) is 6.16. The molecular formula is C22H22N4O3. The van der Waals surface area contributed by atoms with Gasteiger partial charge in [-0.1, -0.05) is 6.07 Å². The molecule has 7 nitrogen and oxygen atoms in total. The van der Waals surface area contributed by atoms with Crippen LogP contribution < -0.4 is 11.1 Å². The van der Waals surface area contributed by atoms with Gasteiger partial charge in [0.15, 0.2) is 0 Å². The third kappa shape index (κ3) is 2.80. The molecule has 0 N–H and O–H groups in total. The lowest BCUT2D eigenvalue weighted by molar-refractivity contribution is 0.0592. The molecule has 1 fully saturated rings. The SMILES string of the molecule is CCn1c(=O)c(C(=O)N2C[C@H]3C[C@@H](C2)c2cccc(=O)n2C3)cc2cccnc21. The van der Waals surface area contributed by atoms with E-state index in [0.717, 1.165) is 17.5 Å². The highest BCUT2D eigenvalue weighted by Gasteiger charge is 2.37. The molecule has 0 aromatic carbocycles. The summed E-state index contributed by atoms with van der Waals surface area (Å²) in [5, 5.41) is 0.784. The van der Waals surface area contributed by atoms with Gasteiger partial charge in [0.1, 0.15) is 11.2 Å². The number of hydrogen-bond acceptors (Lipinski definition) is 4. The highest BCUT2D eigenvalue weighted by atomic mass is 16.2. The van der Waals surface area contributed by atoms with Crippen molar-refractivity contribution in [2.24, 2.45) is 5.92 Å². The summed E-state index contributed by atoms with van der Waals surface area (Å²) in [5.41, 5.74) is 1.50. The molecule has 3 aromatic rings. The summed E-state index contributed by atoms with van der Waals surface area (Å²) in [6.07, 6.45) is 2.62. The average molecular weight is 390 g/mol. The minimum atomic E-state index is -0.295. The van der Waals surface area contributed by atoms with E-state index < -0.39 is 0 Å². The van der Waals surface area contributed by atoms with Gasteiger partial charge < -0.3 is 9.47 Å². The van der Waals surface area contributed by atoms with E-state index in [9.17, 15) is 14.4 Å². The third-order valence-corrected chi connectivity index (χ3v) is 6.16. The molecule has 0 saturated carbocycles. The molecule has 148 valence electrons. The Morgan fingerprint density at radius 2 is 2.00 bits per heavy atom. The zero-order valence-corrected chi connectivity index (χ0v) is 16.2. The highest BCUT2D eigenvalue weighted by Crippen LogP contribution is 2.35. The van der Waals surface area contributed by atoms with E-state index in [1.807, 2.05) is 23.6 Å². The minimum absolute atomic E-state index is 0.0184. The summed E-state index contributed by atoms with van der Waals surface area (Å²) in [6.45, 7) is 4.04. The van der Waals surface area contributed by atoms with E-state index in [1.54, 1.807) is 39.9 Å². The predicted octanol–water partition coefficient (Wildman–Crippen LogP) is 1.84. The molecule has 7 heteroatoms. The number of carbonyl (C=O) groups is 1. The van der Waals surface area contributed by atoms with Gasteiger partial charge in [0.25, 0.3) is 17.0 Å². The van der Waals surface area contributed by atoms with Gasteiger partial charge in [-0.15, -0.1) is 0 Å². The van der Waals surface area contributed by atoms with E-state index in [4.69, 9.17) is 0 Å². The molecule has 29 heavy (non-hydrogen) atoms. The summed E-state index contributed by atoms with van der Waals surface area (Å²) < 4.78 is 3.40. The van der Waals surface area contributed by atoms with Crippen LogP contribution in [0.1, 0.15) is 35.3 Å². The van der Waals surface area contributed by atoms with Crippen molar-refractivity contribution in [3.8, 4) is 0 Å². The molecule has 2 aliphatic heterocycles. The van der Waals surface area contributed by atoms with Crippen molar-refractivity contribution < 1.29 is 4.79 Å². The normalized spacial score (nSPS) is 20.5. The number of piperidine rings is 1. The maximum absolute atomic E-state index is 13.4. The zero-order valence-electron chi connectivity index (χ0n) is 16.2. The first-order valence-electron chi connectivity index (χ1n) is 10.0. The number of nitrogens with zero attached hydrogens (tertiary/aromatic N) is 4. The lowest BCUT2D eigenvalue weighted by atomic mass is 9.83. The molecule has 0 spiro atoms. The second-order valence-electron chi connectivity index (χ2n) is 7.93. The number of aromatic nitrogens is 3. The van der Waals surface area contributed by atoms with E-state index in [0.29, 0.717) is 31.8 Å². The highest BCUT2D eigenvalue weighted by molar-refractivity contribution is 5.97. The Hall–Kier alpha value is -3.22. The number of pyridine rings is 3. The van der Waals surface area contributed by atoms with E-state index >= 15 is 0 Å². The Balaban J connectivity index is 1.54. The monoisotopic (exact) mass is 390 g/mol. The van der Waals surface area contributed by atoms with Crippen molar-refractivity contribution >= 4 is 16.9 Å². The number of rotatable bonds is 2. The first-order valence-corrected chi connectivity index (χ1v) is 10.0. The standard InChI is InChI=1S/C22H22N4O3/c1-2-25-20-15(5-4-8-23-20)10-17(22(25)29)21(28)24-11-14-9-16(13-24)18-6-3-7-19(27)26(18)12-14/h3-8,10,14,16H,2,9,11-13H2,1H3/t14-,16+/m1/s1.